The maximum absolute atomic E-state index is 10.1. The number of phenolic OH excluding ortho intramolecular Hbond substituents is 1. The molecule has 1 heterocycles. The van der Waals surface area contributed by atoms with Crippen LogP contribution in [0.3, 0.4) is 0 Å². The number of halogens is 1. The summed E-state index contributed by atoms with van der Waals surface area (Å²) in [6.45, 7) is 13.2. The van der Waals surface area contributed by atoms with Crippen molar-refractivity contribution in [2.45, 2.75) is 39.7 Å². The Kier molecular flexibility index (Phi) is 9.28. The van der Waals surface area contributed by atoms with Gasteiger partial charge >= 0.3 is 0 Å². The average Bonchev–Trinajstić information content (AvgIpc) is 2.72. The third kappa shape index (κ3) is 5.81. The SMILES string of the molecule is CCOc1ccccc1C(COc1cc(C)c(O)cc1C(C)C)N1CCNCC1.Cl. The molecule has 0 amide bonds. The number of nitrogens with zero attached hydrogens (tertiary/aromatic N) is 1. The van der Waals surface area contributed by atoms with Gasteiger partial charge in [0, 0.05) is 37.3 Å². The van der Waals surface area contributed by atoms with Crippen molar-refractivity contribution in [3.63, 3.8) is 0 Å². The van der Waals surface area contributed by atoms with Crippen LogP contribution in [-0.4, -0.2) is 49.4 Å². The molecular formula is C24H35ClN2O3. The Labute approximate surface area is 186 Å². The van der Waals surface area contributed by atoms with Crippen molar-refractivity contribution in [1.82, 2.24) is 10.2 Å². The highest BCUT2D eigenvalue weighted by molar-refractivity contribution is 5.85. The van der Waals surface area contributed by atoms with E-state index >= 15 is 0 Å². The quantitative estimate of drug-likeness (QED) is 0.632. The molecule has 2 N–H and O–H groups in total. The van der Waals surface area contributed by atoms with E-state index in [2.05, 4.69) is 36.2 Å². The molecule has 0 spiro atoms. The minimum absolute atomic E-state index is 0. The molecule has 1 aliphatic heterocycles. The molecule has 1 atom stereocenters. The summed E-state index contributed by atoms with van der Waals surface area (Å²) in [5.41, 5.74) is 3.03. The first kappa shape index (κ1) is 24.3. The van der Waals surface area contributed by atoms with Crippen LogP contribution in [0.25, 0.3) is 0 Å². The lowest BCUT2D eigenvalue weighted by Crippen LogP contribution is -2.46. The van der Waals surface area contributed by atoms with Gasteiger partial charge in [-0.3, -0.25) is 4.90 Å². The van der Waals surface area contributed by atoms with Crippen molar-refractivity contribution >= 4 is 12.4 Å². The smallest absolute Gasteiger partial charge is 0.124 e. The fourth-order valence-electron chi connectivity index (χ4n) is 3.86. The molecule has 0 radical (unpaired) electrons. The standard InChI is InChI=1S/C24H34N2O3.ClH/c1-5-28-23-9-7-6-8-19(23)21(26-12-10-25-11-13-26)16-29-24-14-18(4)22(27)15-20(24)17(2)3;/h6-9,14-15,17,21,25,27H,5,10-13,16H2,1-4H3;1H. The molecule has 1 saturated heterocycles. The van der Waals surface area contributed by atoms with Crippen molar-refractivity contribution in [1.29, 1.82) is 0 Å². The number of ether oxygens (including phenoxy) is 2. The maximum Gasteiger partial charge on any atom is 0.124 e. The molecule has 1 fully saturated rings. The molecule has 0 aromatic heterocycles. The van der Waals surface area contributed by atoms with E-state index in [9.17, 15) is 5.11 Å². The summed E-state index contributed by atoms with van der Waals surface area (Å²) in [5.74, 6) is 2.36. The Balaban J connectivity index is 0.00000320. The van der Waals surface area contributed by atoms with Gasteiger partial charge in [-0.2, -0.15) is 0 Å². The second-order valence-corrected chi connectivity index (χ2v) is 7.91. The largest absolute Gasteiger partial charge is 0.508 e. The van der Waals surface area contributed by atoms with Crippen molar-refractivity contribution in [2.24, 2.45) is 0 Å². The maximum atomic E-state index is 10.1. The van der Waals surface area contributed by atoms with E-state index in [0.29, 0.717) is 19.0 Å². The van der Waals surface area contributed by atoms with Gasteiger partial charge in [0.15, 0.2) is 0 Å². The fraction of sp³-hybridized carbons (Fsp3) is 0.500. The van der Waals surface area contributed by atoms with Gasteiger partial charge in [0.25, 0.3) is 0 Å². The van der Waals surface area contributed by atoms with Gasteiger partial charge < -0.3 is 19.9 Å². The monoisotopic (exact) mass is 434 g/mol. The Bertz CT molecular complexity index is 807. The lowest BCUT2D eigenvalue weighted by Gasteiger charge is -2.36. The van der Waals surface area contributed by atoms with Crippen LogP contribution in [0.15, 0.2) is 36.4 Å². The predicted molar refractivity (Wildman–Crippen MR) is 124 cm³/mol. The molecule has 30 heavy (non-hydrogen) atoms. The van der Waals surface area contributed by atoms with Crippen LogP contribution in [0.4, 0.5) is 0 Å². The summed E-state index contributed by atoms with van der Waals surface area (Å²) in [6, 6.07) is 12.2. The minimum atomic E-state index is 0. The highest BCUT2D eigenvalue weighted by atomic mass is 35.5. The van der Waals surface area contributed by atoms with Gasteiger partial charge in [-0.25, -0.2) is 0 Å². The molecule has 5 nitrogen and oxygen atoms in total. The Morgan fingerprint density at radius 1 is 1.03 bits per heavy atom. The van der Waals surface area contributed by atoms with Gasteiger partial charge in [-0.05, 0) is 43.5 Å². The molecule has 1 aliphatic rings. The predicted octanol–water partition coefficient (Wildman–Crippen LogP) is 4.67. The van der Waals surface area contributed by atoms with Crippen molar-refractivity contribution < 1.29 is 14.6 Å². The highest BCUT2D eigenvalue weighted by Gasteiger charge is 2.26. The number of hydrogen-bond donors (Lipinski definition) is 2. The molecule has 3 rings (SSSR count). The molecule has 2 aromatic rings. The molecule has 2 aromatic carbocycles. The van der Waals surface area contributed by atoms with Gasteiger partial charge in [0.1, 0.15) is 23.9 Å². The number of rotatable bonds is 8. The van der Waals surface area contributed by atoms with Crippen molar-refractivity contribution in [2.75, 3.05) is 39.4 Å². The Hall–Kier alpha value is -1.95. The Morgan fingerprint density at radius 3 is 2.40 bits per heavy atom. The lowest BCUT2D eigenvalue weighted by atomic mass is 9.99. The van der Waals surface area contributed by atoms with Crippen molar-refractivity contribution in [3.8, 4) is 17.2 Å². The zero-order valence-electron chi connectivity index (χ0n) is 18.5. The second-order valence-electron chi connectivity index (χ2n) is 7.91. The molecular weight excluding hydrogens is 400 g/mol. The molecule has 6 heteroatoms. The van der Waals surface area contributed by atoms with Gasteiger partial charge in [0.05, 0.1) is 12.6 Å². The number of hydrogen-bond acceptors (Lipinski definition) is 5. The summed E-state index contributed by atoms with van der Waals surface area (Å²) in [4.78, 5) is 2.47. The van der Waals surface area contributed by atoms with Crippen LogP contribution in [-0.2, 0) is 0 Å². The van der Waals surface area contributed by atoms with E-state index in [1.165, 1.54) is 0 Å². The van der Waals surface area contributed by atoms with Crippen LogP contribution in [0, 0.1) is 6.92 Å². The van der Waals surface area contributed by atoms with Gasteiger partial charge in [-0.1, -0.05) is 32.0 Å². The fourth-order valence-corrected chi connectivity index (χ4v) is 3.86. The second kappa shape index (κ2) is 11.4. The average molecular weight is 435 g/mol. The third-order valence-corrected chi connectivity index (χ3v) is 5.52. The summed E-state index contributed by atoms with van der Waals surface area (Å²) in [7, 11) is 0. The zero-order chi connectivity index (χ0) is 20.8. The van der Waals surface area contributed by atoms with E-state index in [0.717, 1.165) is 54.4 Å². The third-order valence-electron chi connectivity index (χ3n) is 5.52. The summed E-state index contributed by atoms with van der Waals surface area (Å²) >= 11 is 0. The number of aromatic hydroxyl groups is 1. The minimum Gasteiger partial charge on any atom is -0.508 e. The number of aryl methyl sites for hydroxylation is 1. The van der Waals surface area contributed by atoms with Crippen LogP contribution in [0.1, 0.15) is 49.4 Å². The van der Waals surface area contributed by atoms with Crippen LogP contribution < -0.4 is 14.8 Å². The molecule has 1 unspecified atom stereocenters. The Morgan fingerprint density at radius 2 is 1.73 bits per heavy atom. The van der Waals surface area contributed by atoms with Gasteiger partial charge in [0.2, 0.25) is 0 Å². The van der Waals surface area contributed by atoms with Gasteiger partial charge in [-0.15, -0.1) is 12.4 Å². The van der Waals surface area contributed by atoms with Crippen LogP contribution in [0.2, 0.25) is 0 Å². The van der Waals surface area contributed by atoms with E-state index in [1.807, 2.05) is 38.1 Å². The first-order valence-corrected chi connectivity index (χ1v) is 10.6. The van der Waals surface area contributed by atoms with E-state index < -0.39 is 0 Å². The first-order chi connectivity index (χ1) is 14.0. The lowest BCUT2D eigenvalue weighted by molar-refractivity contribution is 0.117. The van der Waals surface area contributed by atoms with Crippen LogP contribution in [0.5, 0.6) is 17.2 Å². The number of piperazine rings is 1. The first-order valence-electron chi connectivity index (χ1n) is 10.6. The molecule has 0 saturated carbocycles. The summed E-state index contributed by atoms with van der Waals surface area (Å²) in [5, 5.41) is 13.6. The summed E-state index contributed by atoms with van der Waals surface area (Å²) < 4.78 is 12.3. The molecule has 166 valence electrons. The van der Waals surface area contributed by atoms with E-state index in [1.54, 1.807) is 0 Å². The normalized spacial score (nSPS) is 15.5. The summed E-state index contributed by atoms with van der Waals surface area (Å²) in [6.07, 6.45) is 0. The molecule has 0 bridgehead atoms. The molecule has 0 aliphatic carbocycles. The number of phenols is 1. The number of benzene rings is 2. The topological polar surface area (TPSA) is 54.0 Å². The van der Waals surface area contributed by atoms with Crippen LogP contribution >= 0.6 is 12.4 Å². The van der Waals surface area contributed by atoms with E-state index in [4.69, 9.17) is 9.47 Å². The van der Waals surface area contributed by atoms with Crippen molar-refractivity contribution in [3.05, 3.63) is 53.1 Å². The van der Waals surface area contributed by atoms with E-state index in [-0.39, 0.29) is 24.4 Å². The highest BCUT2D eigenvalue weighted by Crippen LogP contribution is 2.35. The number of nitrogens with one attached hydrogen (secondary N) is 1. The number of para-hydroxylation sites is 1. The zero-order valence-corrected chi connectivity index (χ0v) is 19.3.